The molecule has 0 radical (unpaired) electrons. The maximum atomic E-state index is 4.18. The Hall–Kier alpha value is -0.0300. The molecule has 5 heteroatoms. The van der Waals surface area contributed by atoms with Crippen LogP contribution in [-0.2, 0) is 7.05 Å². The van der Waals surface area contributed by atoms with E-state index in [0.29, 0.717) is 11.8 Å². The molecule has 0 bridgehead atoms. The molecule has 0 aliphatic heterocycles. The largest absolute Gasteiger partial charge is 0.244 e. The van der Waals surface area contributed by atoms with Crippen LogP contribution in [0.1, 0.15) is 13.8 Å². The van der Waals surface area contributed by atoms with Crippen LogP contribution in [0.25, 0.3) is 0 Å². The lowest BCUT2D eigenvalue weighted by atomic mass is 10.0. The highest BCUT2D eigenvalue weighted by Gasteiger charge is 2.13. The number of thioether (sulfide) groups is 1. The third-order valence-corrected chi connectivity index (χ3v) is 4.29. The van der Waals surface area contributed by atoms with Gasteiger partial charge in [-0.15, -0.1) is 0 Å². The molecule has 14 heavy (non-hydrogen) atoms. The van der Waals surface area contributed by atoms with Crippen LogP contribution in [0.5, 0.6) is 0 Å². The van der Waals surface area contributed by atoms with Gasteiger partial charge in [-0.1, -0.05) is 41.5 Å². The summed E-state index contributed by atoms with van der Waals surface area (Å²) in [7, 11) is 1.92. The van der Waals surface area contributed by atoms with Gasteiger partial charge in [-0.05, 0) is 11.8 Å². The zero-order chi connectivity index (χ0) is 10.6. The molecule has 0 aromatic carbocycles. The van der Waals surface area contributed by atoms with Gasteiger partial charge in [0.25, 0.3) is 0 Å². The Bertz CT molecular complexity index is 275. The number of halogens is 1. The first kappa shape index (κ1) is 12.0. The normalized spacial score (nSPS) is 13.5. The quantitative estimate of drug-likeness (QED) is 0.612. The van der Waals surface area contributed by atoms with Crippen LogP contribution in [0.3, 0.4) is 0 Å². The van der Waals surface area contributed by atoms with E-state index >= 15 is 0 Å². The molecule has 1 heterocycles. The standard InChI is InChI=1S/C9H16BrN3S/c1-7(2)8(4-10)5-14-9-11-6-12-13(9)3/h6-8H,4-5H2,1-3H3. The third kappa shape index (κ3) is 3.28. The van der Waals surface area contributed by atoms with E-state index in [1.807, 2.05) is 11.7 Å². The lowest BCUT2D eigenvalue weighted by Gasteiger charge is -2.16. The van der Waals surface area contributed by atoms with Crippen molar-refractivity contribution >= 4 is 27.7 Å². The van der Waals surface area contributed by atoms with Gasteiger partial charge in [-0.25, -0.2) is 9.67 Å². The summed E-state index contributed by atoms with van der Waals surface area (Å²) in [6.45, 7) is 4.51. The molecule has 0 spiro atoms. The number of hydrogen-bond acceptors (Lipinski definition) is 3. The molecule has 1 unspecified atom stereocenters. The van der Waals surface area contributed by atoms with Crippen LogP contribution in [0.4, 0.5) is 0 Å². The minimum atomic E-state index is 0.691. The molecular formula is C9H16BrN3S. The summed E-state index contributed by atoms with van der Waals surface area (Å²) in [5, 5.41) is 6.09. The number of rotatable bonds is 5. The molecule has 0 N–H and O–H groups in total. The molecule has 3 nitrogen and oxygen atoms in total. The molecule has 1 aromatic heterocycles. The van der Waals surface area contributed by atoms with Crippen molar-refractivity contribution in [3.63, 3.8) is 0 Å². The first-order chi connectivity index (χ1) is 6.65. The van der Waals surface area contributed by atoms with Crippen molar-refractivity contribution in [2.24, 2.45) is 18.9 Å². The lowest BCUT2D eigenvalue weighted by Crippen LogP contribution is -2.13. The smallest absolute Gasteiger partial charge is 0.185 e. The van der Waals surface area contributed by atoms with Crippen molar-refractivity contribution in [2.75, 3.05) is 11.1 Å². The molecular weight excluding hydrogens is 262 g/mol. The predicted molar refractivity (Wildman–Crippen MR) is 63.8 cm³/mol. The van der Waals surface area contributed by atoms with Crippen molar-refractivity contribution in [3.8, 4) is 0 Å². The fourth-order valence-corrected chi connectivity index (χ4v) is 3.51. The van der Waals surface area contributed by atoms with Gasteiger partial charge < -0.3 is 0 Å². The summed E-state index contributed by atoms with van der Waals surface area (Å²) in [4.78, 5) is 4.18. The van der Waals surface area contributed by atoms with E-state index in [1.165, 1.54) is 0 Å². The molecule has 80 valence electrons. The molecule has 1 atom stereocenters. The second kappa shape index (κ2) is 5.75. The third-order valence-electron chi connectivity index (χ3n) is 2.24. The highest BCUT2D eigenvalue weighted by molar-refractivity contribution is 9.09. The lowest BCUT2D eigenvalue weighted by molar-refractivity contribution is 0.474. The first-order valence-electron chi connectivity index (χ1n) is 4.68. The fourth-order valence-electron chi connectivity index (χ4n) is 1.01. The van der Waals surface area contributed by atoms with Gasteiger partial charge in [-0.2, -0.15) is 5.10 Å². The second-order valence-corrected chi connectivity index (χ2v) is 5.27. The molecule has 0 amide bonds. The molecule has 0 fully saturated rings. The minimum absolute atomic E-state index is 0.691. The summed E-state index contributed by atoms with van der Waals surface area (Å²) in [6, 6.07) is 0. The van der Waals surface area contributed by atoms with E-state index in [1.54, 1.807) is 18.1 Å². The zero-order valence-corrected chi connectivity index (χ0v) is 11.2. The summed E-state index contributed by atoms with van der Waals surface area (Å²) < 4.78 is 1.82. The molecule has 1 aromatic rings. The van der Waals surface area contributed by atoms with E-state index in [-0.39, 0.29) is 0 Å². The summed E-state index contributed by atoms with van der Waals surface area (Å²) in [5.41, 5.74) is 0. The van der Waals surface area contributed by atoms with Gasteiger partial charge in [0.2, 0.25) is 0 Å². The number of aromatic nitrogens is 3. The molecule has 1 rings (SSSR count). The second-order valence-electron chi connectivity index (χ2n) is 3.64. The van der Waals surface area contributed by atoms with Gasteiger partial charge >= 0.3 is 0 Å². The van der Waals surface area contributed by atoms with Crippen LogP contribution in [0, 0.1) is 11.8 Å². The highest BCUT2D eigenvalue weighted by Crippen LogP contribution is 2.23. The van der Waals surface area contributed by atoms with Gasteiger partial charge in [-0.3, -0.25) is 0 Å². The number of aryl methyl sites for hydroxylation is 1. The van der Waals surface area contributed by atoms with Crippen LogP contribution in [-0.4, -0.2) is 25.8 Å². The highest BCUT2D eigenvalue weighted by atomic mass is 79.9. The molecule has 0 saturated carbocycles. The van der Waals surface area contributed by atoms with Crippen molar-refractivity contribution in [1.82, 2.24) is 14.8 Å². The Balaban J connectivity index is 2.43. The van der Waals surface area contributed by atoms with E-state index in [9.17, 15) is 0 Å². The average Bonchev–Trinajstić information content (AvgIpc) is 2.52. The fraction of sp³-hybridized carbons (Fsp3) is 0.778. The van der Waals surface area contributed by atoms with E-state index in [0.717, 1.165) is 16.2 Å². The minimum Gasteiger partial charge on any atom is -0.244 e. The maximum absolute atomic E-state index is 4.18. The monoisotopic (exact) mass is 277 g/mol. The summed E-state index contributed by atoms with van der Waals surface area (Å²) in [5.74, 6) is 2.49. The van der Waals surface area contributed by atoms with Crippen molar-refractivity contribution in [3.05, 3.63) is 6.33 Å². The van der Waals surface area contributed by atoms with Crippen molar-refractivity contribution in [2.45, 2.75) is 19.0 Å². The van der Waals surface area contributed by atoms with Gasteiger partial charge in [0.1, 0.15) is 6.33 Å². The van der Waals surface area contributed by atoms with Gasteiger partial charge in [0.05, 0.1) is 0 Å². The van der Waals surface area contributed by atoms with Crippen molar-refractivity contribution in [1.29, 1.82) is 0 Å². The number of nitrogens with zero attached hydrogens (tertiary/aromatic N) is 3. The Labute approximate surface area is 97.8 Å². The molecule has 0 saturated heterocycles. The van der Waals surface area contributed by atoms with E-state index < -0.39 is 0 Å². The van der Waals surface area contributed by atoms with E-state index in [4.69, 9.17) is 0 Å². The Kier molecular flexibility index (Phi) is 4.95. The Morgan fingerprint density at radius 3 is 2.71 bits per heavy atom. The summed E-state index contributed by atoms with van der Waals surface area (Å²) >= 11 is 5.32. The predicted octanol–water partition coefficient (Wildman–Crippen LogP) is 2.57. The number of hydrogen-bond donors (Lipinski definition) is 0. The van der Waals surface area contributed by atoms with E-state index in [2.05, 4.69) is 39.9 Å². The SMILES string of the molecule is CC(C)C(CBr)CSc1ncnn1C. The summed E-state index contributed by atoms with van der Waals surface area (Å²) in [6.07, 6.45) is 1.60. The Morgan fingerprint density at radius 1 is 1.57 bits per heavy atom. The first-order valence-corrected chi connectivity index (χ1v) is 6.78. The topological polar surface area (TPSA) is 30.7 Å². The maximum Gasteiger partial charge on any atom is 0.185 e. The zero-order valence-electron chi connectivity index (χ0n) is 8.77. The van der Waals surface area contributed by atoms with Gasteiger partial charge in [0, 0.05) is 18.1 Å². The van der Waals surface area contributed by atoms with Gasteiger partial charge in [0.15, 0.2) is 5.16 Å². The van der Waals surface area contributed by atoms with Crippen LogP contribution >= 0.6 is 27.7 Å². The average molecular weight is 278 g/mol. The Morgan fingerprint density at radius 2 is 2.29 bits per heavy atom. The van der Waals surface area contributed by atoms with Crippen LogP contribution in [0.2, 0.25) is 0 Å². The van der Waals surface area contributed by atoms with Crippen molar-refractivity contribution < 1.29 is 0 Å². The number of alkyl halides is 1. The van der Waals surface area contributed by atoms with Crippen LogP contribution in [0.15, 0.2) is 11.5 Å². The molecule has 0 aliphatic carbocycles. The van der Waals surface area contributed by atoms with Crippen LogP contribution < -0.4 is 0 Å². The molecule has 0 aliphatic rings.